The van der Waals surface area contributed by atoms with E-state index in [9.17, 15) is 9.59 Å². The van der Waals surface area contributed by atoms with Crippen LogP contribution in [0.4, 0.5) is 0 Å². The fourth-order valence-corrected chi connectivity index (χ4v) is 5.60. The second kappa shape index (κ2) is 10.2. The van der Waals surface area contributed by atoms with Gasteiger partial charge in [-0.1, -0.05) is 29.8 Å². The molecule has 10 heteroatoms. The van der Waals surface area contributed by atoms with E-state index in [1.54, 1.807) is 13.0 Å². The smallest absolute Gasteiger partial charge is 0.254 e. The number of aromatic amines is 1. The SMILES string of the molecule is Cc1cc(Cl)c(CNC(=O)c2c(C)n([C@H](C)C3OCC(NC4(C)COC4)CO3)c3ccccc23)c(=O)[nH]1. The number of amides is 1. The quantitative estimate of drug-likeness (QED) is 0.435. The Kier molecular flexibility index (Phi) is 7.17. The monoisotopic (exact) mass is 528 g/mol. The predicted octanol–water partition coefficient (Wildman–Crippen LogP) is 3.21. The van der Waals surface area contributed by atoms with Gasteiger partial charge in [0.2, 0.25) is 0 Å². The predicted molar refractivity (Wildman–Crippen MR) is 141 cm³/mol. The van der Waals surface area contributed by atoms with E-state index in [1.807, 2.05) is 38.1 Å². The molecule has 0 spiro atoms. The molecule has 2 fully saturated rings. The van der Waals surface area contributed by atoms with Crippen LogP contribution in [0.15, 0.2) is 35.1 Å². The summed E-state index contributed by atoms with van der Waals surface area (Å²) in [6.07, 6.45) is -0.459. The maximum absolute atomic E-state index is 13.4. The zero-order valence-corrected chi connectivity index (χ0v) is 22.3. The van der Waals surface area contributed by atoms with Crippen LogP contribution in [0.5, 0.6) is 0 Å². The molecule has 4 heterocycles. The third-order valence-corrected chi connectivity index (χ3v) is 7.48. The van der Waals surface area contributed by atoms with Crippen molar-refractivity contribution >= 4 is 28.4 Å². The minimum Gasteiger partial charge on any atom is -0.377 e. The Labute approximate surface area is 220 Å². The molecule has 2 aromatic heterocycles. The van der Waals surface area contributed by atoms with Crippen LogP contribution >= 0.6 is 11.6 Å². The van der Waals surface area contributed by atoms with Crippen LogP contribution in [0.25, 0.3) is 10.9 Å². The van der Waals surface area contributed by atoms with Crippen LogP contribution in [0, 0.1) is 13.8 Å². The number of para-hydroxylation sites is 1. The zero-order chi connectivity index (χ0) is 26.3. The highest BCUT2D eigenvalue weighted by Gasteiger charge is 2.38. The number of H-pyrrole nitrogens is 1. The molecule has 0 radical (unpaired) electrons. The molecule has 3 N–H and O–H groups in total. The summed E-state index contributed by atoms with van der Waals surface area (Å²) in [6.45, 7) is 10.3. The summed E-state index contributed by atoms with van der Waals surface area (Å²) in [6, 6.07) is 9.36. The molecular weight excluding hydrogens is 496 g/mol. The molecule has 198 valence electrons. The molecule has 5 rings (SSSR count). The van der Waals surface area contributed by atoms with E-state index in [1.165, 1.54) is 0 Å². The average molecular weight is 529 g/mol. The summed E-state index contributed by atoms with van der Waals surface area (Å²) in [7, 11) is 0. The largest absolute Gasteiger partial charge is 0.377 e. The number of hydrogen-bond donors (Lipinski definition) is 3. The lowest BCUT2D eigenvalue weighted by molar-refractivity contribution is -0.214. The summed E-state index contributed by atoms with van der Waals surface area (Å²) in [5, 5.41) is 7.59. The van der Waals surface area contributed by atoms with Gasteiger partial charge < -0.3 is 34.4 Å². The molecule has 2 aliphatic rings. The number of aromatic nitrogens is 2. The molecule has 1 atom stereocenters. The summed E-state index contributed by atoms with van der Waals surface area (Å²) < 4.78 is 19.7. The number of hydrogen-bond acceptors (Lipinski definition) is 6. The lowest BCUT2D eigenvalue weighted by atomic mass is 9.99. The van der Waals surface area contributed by atoms with Crippen LogP contribution < -0.4 is 16.2 Å². The van der Waals surface area contributed by atoms with Crippen molar-refractivity contribution < 1.29 is 19.0 Å². The standard InChI is InChI=1S/C27H33ClN4O5/c1-15-9-21(28)20(24(33)30-15)10-29-25(34)23-16(2)32(22-8-6-5-7-19(22)23)17(3)26-36-11-18(12-37-26)31-27(4)13-35-14-27/h5-9,17-18,26,31H,10-14H2,1-4H3,(H,29,34)(H,30,33)/t17-,18?,26?/m1/s1. The van der Waals surface area contributed by atoms with Crippen LogP contribution in [-0.2, 0) is 20.8 Å². The fraction of sp³-hybridized carbons (Fsp3) is 0.481. The minimum absolute atomic E-state index is 0.0228. The molecule has 0 saturated carbocycles. The number of benzene rings is 1. The summed E-state index contributed by atoms with van der Waals surface area (Å²) in [5.41, 5.74) is 2.91. The molecule has 0 aliphatic carbocycles. The number of aryl methyl sites for hydroxylation is 1. The second-order valence-corrected chi connectivity index (χ2v) is 10.7. The third-order valence-electron chi connectivity index (χ3n) is 7.14. The molecule has 1 aromatic carbocycles. The molecule has 3 aromatic rings. The molecule has 9 nitrogen and oxygen atoms in total. The van der Waals surface area contributed by atoms with Crippen LogP contribution in [0.3, 0.4) is 0 Å². The third kappa shape index (κ3) is 5.06. The van der Waals surface area contributed by atoms with Crippen molar-refractivity contribution in [2.75, 3.05) is 26.4 Å². The van der Waals surface area contributed by atoms with Gasteiger partial charge in [-0.15, -0.1) is 0 Å². The highest BCUT2D eigenvalue weighted by molar-refractivity contribution is 6.31. The van der Waals surface area contributed by atoms with Gasteiger partial charge in [0.05, 0.1) is 66.7 Å². The summed E-state index contributed by atoms with van der Waals surface area (Å²) >= 11 is 6.27. The first kappa shape index (κ1) is 25.9. The normalized spacial score (nSPS) is 22.0. The Balaban J connectivity index is 1.35. The average Bonchev–Trinajstić information content (AvgIpc) is 3.14. The van der Waals surface area contributed by atoms with Crippen LogP contribution in [0.1, 0.15) is 47.2 Å². The van der Waals surface area contributed by atoms with Crippen molar-refractivity contribution in [1.82, 2.24) is 20.2 Å². The van der Waals surface area contributed by atoms with Gasteiger partial charge in [-0.25, -0.2) is 0 Å². The van der Waals surface area contributed by atoms with Crippen molar-refractivity contribution in [1.29, 1.82) is 0 Å². The Morgan fingerprint density at radius 1 is 1.24 bits per heavy atom. The Hall–Kier alpha value is -2.69. The van der Waals surface area contributed by atoms with Crippen molar-refractivity contribution in [3.63, 3.8) is 0 Å². The van der Waals surface area contributed by atoms with E-state index in [0.717, 1.165) is 16.6 Å². The number of pyridine rings is 1. The molecule has 37 heavy (non-hydrogen) atoms. The number of ether oxygens (including phenoxy) is 3. The highest BCUT2D eigenvalue weighted by atomic mass is 35.5. The number of nitrogens with one attached hydrogen (secondary N) is 3. The first-order valence-corrected chi connectivity index (χ1v) is 12.9. The molecule has 0 bridgehead atoms. The fourth-order valence-electron chi connectivity index (χ4n) is 5.29. The lowest BCUT2D eigenvalue weighted by Crippen LogP contribution is -2.64. The minimum atomic E-state index is -0.459. The van der Waals surface area contributed by atoms with E-state index in [-0.39, 0.29) is 35.6 Å². The van der Waals surface area contributed by atoms with Crippen molar-refractivity contribution in [2.24, 2.45) is 0 Å². The molecule has 0 unspecified atom stereocenters. The number of halogens is 1. The van der Waals surface area contributed by atoms with Gasteiger partial charge in [0.1, 0.15) is 0 Å². The Bertz CT molecular complexity index is 1370. The van der Waals surface area contributed by atoms with Gasteiger partial charge in [0.25, 0.3) is 11.5 Å². The van der Waals surface area contributed by atoms with E-state index in [4.69, 9.17) is 25.8 Å². The highest BCUT2D eigenvalue weighted by Crippen LogP contribution is 2.32. The van der Waals surface area contributed by atoms with E-state index < -0.39 is 6.29 Å². The summed E-state index contributed by atoms with van der Waals surface area (Å²) in [4.78, 5) is 28.5. The van der Waals surface area contributed by atoms with E-state index in [2.05, 4.69) is 27.1 Å². The van der Waals surface area contributed by atoms with Gasteiger partial charge in [-0.2, -0.15) is 0 Å². The van der Waals surface area contributed by atoms with Gasteiger partial charge >= 0.3 is 0 Å². The van der Waals surface area contributed by atoms with Crippen LogP contribution in [-0.4, -0.2) is 59.8 Å². The second-order valence-electron chi connectivity index (χ2n) is 10.3. The molecular formula is C27H33ClN4O5. The van der Waals surface area contributed by atoms with E-state index in [0.29, 0.717) is 48.3 Å². The van der Waals surface area contributed by atoms with Crippen molar-refractivity contribution in [3.05, 3.63) is 68.2 Å². The topological polar surface area (TPSA) is 107 Å². The number of carbonyl (C=O) groups is 1. The summed E-state index contributed by atoms with van der Waals surface area (Å²) in [5.74, 6) is -0.276. The lowest BCUT2D eigenvalue weighted by Gasteiger charge is -2.43. The van der Waals surface area contributed by atoms with Gasteiger partial charge in [0.15, 0.2) is 6.29 Å². The van der Waals surface area contributed by atoms with Gasteiger partial charge in [0, 0.05) is 22.3 Å². The Morgan fingerprint density at radius 2 is 1.95 bits per heavy atom. The number of rotatable bonds is 7. The Morgan fingerprint density at radius 3 is 2.59 bits per heavy atom. The maximum Gasteiger partial charge on any atom is 0.254 e. The number of fused-ring (bicyclic) bond motifs is 1. The molecule has 2 aliphatic heterocycles. The van der Waals surface area contributed by atoms with Gasteiger partial charge in [-0.05, 0) is 39.8 Å². The molecule has 1 amide bonds. The van der Waals surface area contributed by atoms with Gasteiger partial charge in [-0.3, -0.25) is 9.59 Å². The van der Waals surface area contributed by atoms with Crippen LogP contribution in [0.2, 0.25) is 5.02 Å². The number of carbonyl (C=O) groups excluding carboxylic acids is 1. The number of nitrogens with zero attached hydrogens (tertiary/aromatic N) is 1. The van der Waals surface area contributed by atoms with Crippen molar-refractivity contribution in [2.45, 2.75) is 58.2 Å². The molecule has 2 saturated heterocycles. The maximum atomic E-state index is 13.4. The first-order valence-electron chi connectivity index (χ1n) is 12.5. The van der Waals surface area contributed by atoms with E-state index >= 15 is 0 Å². The first-order chi connectivity index (χ1) is 17.7. The zero-order valence-electron chi connectivity index (χ0n) is 21.5. The van der Waals surface area contributed by atoms with Crippen molar-refractivity contribution in [3.8, 4) is 0 Å².